The molecule has 3 heteroatoms. The number of aryl methyl sites for hydroxylation is 1. The maximum absolute atomic E-state index is 11.8. The van der Waals surface area contributed by atoms with E-state index >= 15 is 0 Å². The summed E-state index contributed by atoms with van der Waals surface area (Å²) in [6.07, 6.45) is 4.53. The third kappa shape index (κ3) is 2.96. The summed E-state index contributed by atoms with van der Waals surface area (Å²) >= 11 is 0. The number of aromatic nitrogens is 1. The molecule has 0 unspecified atom stereocenters. The van der Waals surface area contributed by atoms with Crippen LogP contribution < -0.4 is 5.56 Å². The standard InChI is InChI=1S/C13H18N2O/c1-3-4-5-6-9-15-11(2)7-8-12(10-14)13(15)16/h7-8H,3-6,9H2,1-2H3. The molecule has 0 amide bonds. The van der Waals surface area contributed by atoms with Crippen LogP contribution in [0.15, 0.2) is 16.9 Å². The first kappa shape index (κ1) is 12.5. The van der Waals surface area contributed by atoms with Crippen molar-refractivity contribution in [2.75, 3.05) is 0 Å². The molecule has 86 valence electrons. The van der Waals surface area contributed by atoms with Crippen LogP contribution in [-0.4, -0.2) is 4.57 Å². The Balaban J connectivity index is 2.79. The molecule has 0 fully saturated rings. The molecule has 0 aliphatic carbocycles. The van der Waals surface area contributed by atoms with Gasteiger partial charge in [0.2, 0.25) is 0 Å². The topological polar surface area (TPSA) is 45.8 Å². The largest absolute Gasteiger partial charge is 0.312 e. The van der Waals surface area contributed by atoms with Gasteiger partial charge in [-0.1, -0.05) is 26.2 Å². The molecule has 0 spiro atoms. The van der Waals surface area contributed by atoms with Crippen molar-refractivity contribution in [2.24, 2.45) is 0 Å². The minimum atomic E-state index is -0.154. The van der Waals surface area contributed by atoms with Gasteiger partial charge in [-0.05, 0) is 25.5 Å². The van der Waals surface area contributed by atoms with Crippen molar-refractivity contribution in [3.8, 4) is 6.07 Å². The fourth-order valence-electron chi connectivity index (χ4n) is 1.73. The molecule has 16 heavy (non-hydrogen) atoms. The molecule has 0 saturated heterocycles. The number of nitriles is 1. The van der Waals surface area contributed by atoms with Gasteiger partial charge in [0.1, 0.15) is 11.6 Å². The maximum Gasteiger partial charge on any atom is 0.268 e. The Morgan fingerprint density at radius 3 is 2.69 bits per heavy atom. The molecule has 3 nitrogen and oxygen atoms in total. The fraction of sp³-hybridized carbons (Fsp3) is 0.538. The Morgan fingerprint density at radius 2 is 2.06 bits per heavy atom. The summed E-state index contributed by atoms with van der Waals surface area (Å²) in [5.74, 6) is 0. The fourth-order valence-corrected chi connectivity index (χ4v) is 1.73. The third-order valence-corrected chi connectivity index (χ3v) is 2.75. The quantitative estimate of drug-likeness (QED) is 0.713. The summed E-state index contributed by atoms with van der Waals surface area (Å²) in [5.41, 5.74) is 1.01. The van der Waals surface area contributed by atoms with Crippen LogP contribution in [0.4, 0.5) is 0 Å². The molecule has 1 aromatic heterocycles. The molecular formula is C13H18N2O. The molecule has 0 radical (unpaired) electrons. The van der Waals surface area contributed by atoms with E-state index in [0.717, 1.165) is 25.1 Å². The van der Waals surface area contributed by atoms with Gasteiger partial charge in [-0.15, -0.1) is 0 Å². The predicted molar refractivity (Wildman–Crippen MR) is 64.3 cm³/mol. The highest BCUT2D eigenvalue weighted by molar-refractivity contribution is 5.27. The molecule has 0 atom stereocenters. The minimum Gasteiger partial charge on any atom is -0.312 e. The lowest BCUT2D eigenvalue weighted by Crippen LogP contribution is -2.24. The number of rotatable bonds is 5. The zero-order valence-electron chi connectivity index (χ0n) is 9.99. The smallest absolute Gasteiger partial charge is 0.268 e. The van der Waals surface area contributed by atoms with Crippen LogP contribution in [0.5, 0.6) is 0 Å². The van der Waals surface area contributed by atoms with Crippen molar-refractivity contribution >= 4 is 0 Å². The van der Waals surface area contributed by atoms with Crippen molar-refractivity contribution in [3.63, 3.8) is 0 Å². The number of pyridine rings is 1. The van der Waals surface area contributed by atoms with Gasteiger partial charge in [0.25, 0.3) is 5.56 Å². The van der Waals surface area contributed by atoms with E-state index in [0.29, 0.717) is 0 Å². The van der Waals surface area contributed by atoms with E-state index in [4.69, 9.17) is 5.26 Å². The molecule has 1 heterocycles. The van der Waals surface area contributed by atoms with Gasteiger partial charge >= 0.3 is 0 Å². The van der Waals surface area contributed by atoms with Gasteiger partial charge in [0, 0.05) is 12.2 Å². The molecule has 1 aromatic rings. The van der Waals surface area contributed by atoms with Crippen LogP contribution in [-0.2, 0) is 6.54 Å². The van der Waals surface area contributed by atoms with Crippen molar-refractivity contribution in [3.05, 3.63) is 33.7 Å². The SMILES string of the molecule is CCCCCCn1c(C)ccc(C#N)c1=O. The van der Waals surface area contributed by atoms with Crippen LogP contribution in [0.2, 0.25) is 0 Å². The molecule has 0 aliphatic rings. The molecular weight excluding hydrogens is 200 g/mol. The van der Waals surface area contributed by atoms with Crippen molar-refractivity contribution < 1.29 is 0 Å². The van der Waals surface area contributed by atoms with Gasteiger partial charge in [0.15, 0.2) is 0 Å². The lowest BCUT2D eigenvalue weighted by Gasteiger charge is -2.09. The van der Waals surface area contributed by atoms with Crippen molar-refractivity contribution in [1.29, 1.82) is 5.26 Å². The first-order valence-electron chi connectivity index (χ1n) is 5.81. The lowest BCUT2D eigenvalue weighted by atomic mass is 10.2. The van der Waals surface area contributed by atoms with E-state index in [-0.39, 0.29) is 11.1 Å². The monoisotopic (exact) mass is 218 g/mol. The number of nitrogens with zero attached hydrogens (tertiary/aromatic N) is 2. The van der Waals surface area contributed by atoms with Gasteiger partial charge in [-0.25, -0.2) is 0 Å². The summed E-state index contributed by atoms with van der Waals surface area (Å²) in [5, 5.41) is 8.78. The van der Waals surface area contributed by atoms with Crippen molar-refractivity contribution in [2.45, 2.75) is 46.1 Å². The van der Waals surface area contributed by atoms with E-state index < -0.39 is 0 Å². The maximum atomic E-state index is 11.8. The van der Waals surface area contributed by atoms with Gasteiger partial charge in [0.05, 0.1) is 0 Å². The van der Waals surface area contributed by atoms with E-state index in [2.05, 4.69) is 6.92 Å². The minimum absolute atomic E-state index is 0.154. The van der Waals surface area contributed by atoms with Gasteiger partial charge < -0.3 is 4.57 Å². The molecule has 0 aromatic carbocycles. The normalized spacial score (nSPS) is 10.1. The van der Waals surface area contributed by atoms with E-state index in [1.165, 1.54) is 12.8 Å². The van der Waals surface area contributed by atoms with Crippen molar-refractivity contribution in [1.82, 2.24) is 4.57 Å². The number of hydrogen-bond acceptors (Lipinski definition) is 2. The van der Waals surface area contributed by atoms with Crippen LogP contribution in [0, 0.1) is 18.3 Å². The number of unbranched alkanes of at least 4 members (excludes halogenated alkanes) is 3. The second kappa shape index (κ2) is 6.12. The summed E-state index contributed by atoms with van der Waals surface area (Å²) in [6, 6.07) is 5.36. The van der Waals surface area contributed by atoms with Gasteiger partial charge in [-0.2, -0.15) is 5.26 Å². The predicted octanol–water partition coefficient (Wildman–Crippen LogP) is 2.61. The third-order valence-electron chi connectivity index (χ3n) is 2.75. The summed E-state index contributed by atoms with van der Waals surface area (Å²) in [4.78, 5) is 11.8. The zero-order chi connectivity index (χ0) is 12.0. The molecule has 1 rings (SSSR count). The van der Waals surface area contributed by atoms with E-state index in [1.807, 2.05) is 19.1 Å². The average Bonchev–Trinajstić information content (AvgIpc) is 2.28. The Morgan fingerprint density at radius 1 is 1.31 bits per heavy atom. The highest BCUT2D eigenvalue weighted by Crippen LogP contribution is 2.03. The second-order valence-electron chi connectivity index (χ2n) is 4.02. The van der Waals surface area contributed by atoms with E-state index in [1.54, 1.807) is 10.6 Å². The summed E-state index contributed by atoms with van der Waals surface area (Å²) in [6.45, 7) is 4.79. The first-order chi connectivity index (χ1) is 7.70. The molecule has 0 aliphatic heterocycles. The lowest BCUT2D eigenvalue weighted by molar-refractivity contribution is 0.560. The Kier molecular flexibility index (Phi) is 4.78. The van der Waals surface area contributed by atoms with Crippen LogP contribution in [0.25, 0.3) is 0 Å². The van der Waals surface area contributed by atoms with Crippen LogP contribution in [0.1, 0.15) is 43.9 Å². The first-order valence-corrected chi connectivity index (χ1v) is 5.81. The second-order valence-corrected chi connectivity index (χ2v) is 4.02. The Bertz CT molecular complexity index is 440. The van der Waals surface area contributed by atoms with Crippen LogP contribution >= 0.6 is 0 Å². The highest BCUT2D eigenvalue weighted by Gasteiger charge is 2.04. The Labute approximate surface area is 96.3 Å². The summed E-state index contributed by atoms with van der Waals surface area (Å²) < 4.78 is 1.70. The van der Waals surface area contributed by atoms with Crippen LogP contribution in [0.3, 0.4) is 0 Å². The molecule has 0 N–H and O–H groups in total. The Hall–Kier alpha value is -1.56. The summed E-state index contributed by atoms with van der Waals surface area (Å²) in [7, 11) is 0. The molecule has 0 bridgehead atoms. The average molecular weight is 218 g/mol. The van der Waals surface area contributed by atoms with E-state index in [9.17, 15) is 4.79 Å². The molecule has 0 saturated carbocycles. The number of hydrogen-bond donors (Lipinski definition) is 0. The van der Waals surface area contributed by atoms with Gasteiger partial charge in [-0.3, -0.25) is 4.79 Å². The zero-order valence-corrected chi connectivity index (χ0v) is 9.99. The highest BCUT2D eigenvalue weighted by atomic mass is 16.1.